The lowest BCUT2D eigenvalue weighted by Gasteiger charge is -2.35. The number of amides is 1. The molecule has 3 rings (SSSR count). The van der Waals surface area contributed by atoms with Gasteiger partial charge in [-0.05, 0) is 26.8 Å². The summed E-state index contributed by atoms with van der Waals surface area (Å²) in [6.45, 7) is 6.37. The van der Waals surface area contributed by atoms with E-state index >= 15 is 0 Å². The van der Waals surface area contributed by atoms with Crippen molar-refractivity contribution in [2.75, 3.05) is 32.7 Å². The fourth-order valence-electron chi connectivity index (χ4n) is 3.53. The van der Waals surface area contributed by atoms with Crippen molar-refractivity contribution in [3.8, 4) is 5.82 Å². The van der Waals surface area contributed by atoms with E-state index in [0.717, 1.165) is 5.69 Å². The first kappa shape index (κ1) is 20.4. The van der Waals surface area contributed by atoms with Gasteiger partial charge in [0.05, 0.1) is 5.56 Å². The van der Waals surface area contributed by atoms with Gasteiger partial charge >= 0.3 is 6.18 Å². The molecule has 1 amide bonds. The Kier molecular flexibility index (Phi) is 5.80. The number of piperazine rings is 1. The average Bonchev–Trinajstić information content (AvgIpc) is 3.17. The van der Waals surface area contributed by atoms with Crippen molar-refractivity contribution in [1.82, 2.24) is 25.3 Å². The number of aryl methyl sites for hydroxylation is 2. The molecule has 2 N–H and O–H groups in total. The molecule has 1 atom stereocenters. The zero-order valence-corrected chi connectivity index (χ0v) is 16.1. The Morgan fingerprint density at radius 3 is 2.54 bits per heavy atom. The van der Waals surface area contributed by atoms with Gasteiger partial charge < -0.3 is 15.2 Å². The minimum absolute atomic E-state index is 0.292. The Bertz CT molecular complexity index is 837. The van der Waals surface area contributed by atoms with Gasteiger partial charge in [-0.3, -0.25) is 14.3 Å². The highest BCUT2D eigenvalue weighted by Gasteiger charge is 2.43. The smallest absolute Gasteiger partial charge is 0.360 e. The molecule has 0 spiro atoms. The van der Waals surface area contributed by atoms with Crippen LogP contribution >= 0.6 is 0 Å². The molecule has 0 radical (unpaired) electrons. The Hall–Kier alpha value is -2.33. The topological polar surface area (TPSA) is 75.3 Å². The number of hydrogen-bond donors (Lipinski definition) is 2. The summed E-state index contributed by atoms with van der Waals surface area (Å²) < 4.78 is 47.3. The molecule has 0 bridgehead atoms. The Morgan fingerprint density at radius 1 is 1.29 bits per heavy atom. The van der Waals surface area contributed by atoms with Crippen molar-refractivity contribution >= 4 is 5.91 Å². The Balaban J connectivity index is 1.75. The van der Waals surface area contributed by atoms with Crippen LogP contribution in [0, 0.1) is 20.8 Å². The lowest BCUT2D eigenvalue weighted by molar-refractivity contribution is -0.183. The van der Waals surface area contributed by atoms with E-state index in [1.54, 1.807) is 37.5 Å². The molecule has 3 heterocycles. The molecular weight excluding hydrogens is 375 g/mol. The number of nitrogens with zero attached hydrogens (tertiary/aromatic N) is 3. The van der Waals surface area contributed by atoms with E-state index in [9.17, 15) is 18.0 Å². The monoisotopic (exact) mass is 399 g/mol. The van der Waals surface area contributed by atoms with Crippen LogP contribution < -0.4 is 10.6 Å². The van der Waals surface area contributed by atoms with Crippen LogP contribution in [0.25, 0.3) is 5.82 Å². The maximum Gasteiger partial charge on any atom is 0.405 e. The third-order valence-corrected chi connectivity index (χ3v) is 4.95. The van der Waals surface area contributed by atoms with E-state index < -0.39 is 24.7 Å². The van der Waals surface area contributed by atoms with Gasteiger partial charge in [0, 0.05) is 50.2 Å². The SMILES string of the molecule is Cc1cc(-n2c(C)cc(C(=O)NCC(N3CCNCC3)C(F)(F)F)c2C)no1. The van der Waals surface area contributed by atoms with Gasteiger partial charge in [-0.1, -0.05) is 5.16 Å². The van der Waals surface area contributed by atoms with Crippen molar-refractivity contribution in [3.63, 3.8) is 0 Å². The van der Waals surface area contributed by atoms with E-state index in [1.807, 2.05) is 0 Å². The van der Waals surface area contributed by atoms with Crippen molar-refractivity contribution in [2.24, 2.45) is 0 Å². The van der Waals surface area contributed by atoms with Gasteiger partial charge in [-0.15, -0.1) is 0 Å². The van der Waals surface area contributed by atoms with Crippen molar-refractivity contribution in [1.29, 1.82) is 0 Å². The average molecular weight is 399 g/mol. The van der Waals surface area contributed by atoms with Gasteiger partial charge in [0.2, 0.25) is 0 Å². The lowest BCUT2D eigenvalue weighted by Crippen LogP contribution is -2.57. The number of carbonyl (C=O) groups is 1. The molecule has 7 nitrogen and oxygen atoms in total. The standard InChI is InChI=1S/C18H24F3N5O2/c1-11-8-14(13(3)26(11)16-9-12(2)28-24-16)17(27)23-10-15(18(19,20)21)25-6-4-22-5-7-25/h8-9,15,22H,4-7,10H2,1-3H3,(H,23,27). The number of carbonyl (C=O) groups excluding carboxylic acids is 1. The summed E-state index contributed by atoms with van der Waals surface area (Å²) >= 11 is 0. The summed E-state index contributed by atoms with van der Waals surface area (Å²) in [5.41, 5.74) is 1.65. The van der Waals surface area contributed by atoms with E-state index in [-0.39, 0.29) is 0 Å². The number of alkyl halides is 3. The highest BCUT2D eigenvalue weighted by Crippen LogP contribution is 2.25. The van der Waals surface area contributed by atoms with Crippen LogP contribution in [-0.2, 0) is 0 Å². The molecule has 1 aliphatic rings. The Morgan fingerprint density at radius 2 is 1.96 bits per heavy atom. The molecule has 10 heteroatoms. The fraction of sp³-hybridized carbons (Fsp3) is 0.556. The third kappa shape index (κ3) is 4.22. The number of nitrogens with one attached hydrogen (secondary N) is 2. The summed E-state index contributed by atoms with van der Waals surface area (Å²) in [5.74, 6) is 0.613. The molecule has 0 saturated carbocycles. The van der Waals surface area contributed by atoms with Gasteiger partial charge in [0.25, 0.3) is 5.91 Å². The number of halogens is 3. The lowest BCUT2D eigenvalue weighted by atomic mass is 10.2. The molecule has 28 heavy (non-hydrogen) atoms. The van der Waals surface area contributed by atoms with Crippen molar-refractivity contribution in [2.45, 2.75) is 33.0 Å². The summed E-state index contributed by atoms with van der Waals surface area (Å²) in [6.07, 6.45) is -4.42. The quantitative estimate of drug-likeness (QED) is 0.804. The van der Waals surface area contributed by atoms with Crippen LogP contribution in [0.3, 0.4) is 0 Å². The highest BCUT2D eigenvalue weighted by molar-refractivity contribution is 5.95. The predicted octanol–water partition coefficient (Wildman–Crippen LogP) is 1.96. The van der Waals surface area contributed by atoms with Gasteiger partial charge in [0.1, 0.15) is 11.8 Å². The molecule has 1 unspecified atom stereocenters. The summed E-state index contributed by atoms with van der Waals surface area (Å²) in [4.78, 5) is 14.0. The highest BCUT2D eigenvalue weighted by atomic mass is 19.4. The molecule has 0 aromatic carbocycles. The summed E-state index contributed by atoms with van der Waals surface area (Å²) in [7, 11) is 0. The normalized spacial score (nSPS) is 16.9. The maximum atomic E-state index is 13.5. The largest absolute Gasteiger partial charge is 0.405 e. The molecule has 1 aliphatic heterocycles. The first-order valence-corrected chi connectivity index (χ1v) is 9.11. The molecule has 0 aliphatic carbocycles. The summed E-state index contributed by atoms with van der Waals surface area (Å²) in [5, 5.41) is 9.44. The first-order valence-electron chi connectivity index (χ1n) is 9.11. The van der Waals surface area contributed by atoms with E-state index in [1.165, 1.54) is 4.90 Å². The molecule has 154 valence electrons. The van der Waals surface area contributed by atoms with Crippen LogP contribution in [-0.4, -0.2) is 65.5 Å². The second-order valence-electron chi connectivity index (χ2n) is 6.97. The van der Waals surface area contributed by atoms with Crippen LogP contribution in [0.1, 0.15) is 27.5 Å². The van der Waals surface area contributed by atoms with E-state index in [0.29, 0.717) is 49.0 Å². The molecule has 1 saturated heterocycles. The minimum Gasteiger partial charge on any atom is -0.360 e. The van der Waals surface area contributed by atoms with Crippen LogP contribution in [0.2, 0.25) is 0 Å². The zero-order valence-electron chi connectivity index (χ0n) is 16.1. The molecule has 2 aromatic heterocycles. The number of hydrogen-bond acceptors (Lipinski definition) is 5. The second-order valence-corrected chi connectivity index (χ2v) is 6.97. The Labute approximate surface area is 160 Å². The second kappa shape index (κ2) is 7.96. The van der Waals surface area contributed by atoms with Crippen LogP contribution in [0.15, 0.2) is 16.7 Å². The van der Waals surface area contributed by atoms with Crippen molar-refractivity contribution in [3.05, 3.63) is 34.8 Å². The van der Waals surface area contributed by atoms with E-state index in [2.05, 4.69) is 15.8 Å². The third-order valence-electron chi connectivity index (χ3n) is 4.95. The van der Waals surface area contributed by atoms with E-state index in [4.69, 9.17) is 4.52 Å². The molecule has 1 fully saturated rings. The van der Waals surface area contributed by atoms with Crippen LogP contribution in [0.5, 0.6) is 0 Å². The number of aromatic nitrogens is 2. The minimum atomic E-state index is -4.42. The van der Waals surface area contributed by atoms with Crippen LogP contribution in [0.4, 0.5) is 13.2 Å². The fourth-order valence-corrected chi connectivity index (χ4v) is 3.53. The van der Waals surface area contributed by atoms with Gasteiger partial charge in [-0.2, -0.15) is 13.2 Å². The van der Waals surface area contributed by atoms with Crippen molar-refractivity contribution < 1.29 is 22.5 Å². The predicted molar refractivity (Wildman–Crippen MR) is 96.7 cm³/mol. The zero-order chi connectivity index (χ0) is 20.5. The maximum absolute atomic E-state index is 13.5. The number of rotatable bonds is 5. The molecular formula is C18H24F3N5O2. The summed E-state index contributed by atoms with van der Waals surface area (Å²) in [6, 6.07) is 1.66. The first-order chi connectivity index (χ1) is 13.2. The molecule has 2 aromatic rings. The van der Waals surface area contributed by atoms with Gasteiger partial charge in [0.15, 0.2) is 5.82 Å². The van der Waals surface area contributed by atoms with Gasteiger partial charge in [-0.25, -0.2) is 0 Å².